The van der Waals surface area contributed by atoms with Crippen molar-refractivity contribution in [2.75, 3.05) is 17.3 Å². The second-order valence-corrected chi connectivity index (χ2v) is 6.26. The summed E-state index contributed by atoms with van der Waals surface area (Å²) in [5, 5.41) is 7.12. The number of halogens is 1. The predicted molar refractivity (Wildman–Crippen MR) is 73.8 cm³/mol. The standard InChI is InChI=1S/C10H16BrN3O2S/c1-7(4-5-17(3)16)13-8-6-12-14(2)10(15)9(8)11/h6-7,13H,4-5H2,1-3H3. The molecule has 1 aromatic heterocycles. The van der Waals surface area contributed by atoms with Crippen molar-refractivity contribution in [3.63, 3.8) is 0 Å². The SMILES string of the molecule is CC(CCS(C)=O)Nc1cnn(C)c(=O)c1Br. The van der Waals surface area contributed by atoms with Crippen molar-refractivity contribution in [2.24, 2.45) is 7.05 Å². The molecule has 0 spiro atoms. The minimum atomic E-state index is -0.791. The second kappa shape index (κ2) is 6.30. The Morgan fingerprint density at radius 2 is 2.29 bits per heavy atom. The fourth-order valence-electron chi connectivity index (χ4n) is 1.29. The van der Waals surface area contributed by atoms with Crippen molar-refractivity contribution in [1.82, 2.24) is 9.78 Å². The number of anilines is 1. The second-order valence-electron chi connectivity index (χ2n) is 3.91. The topological polar surface area (TPSA) is 64.0 Å². The number of nitrogens with one attached hydrogen (secondary N) is 1. The number of hydrogen-bond donors (Lipinski definition) is 1. The molecule has 0 fully saturated rings. The van der Waals surface area contributed by atoms with Gasteiger partial charge in [0.15, 0.2) is 0 Å². The molecule has 0 aliphatic rings. The summed E-state index contributed by atoms with van der Waals surface area (Å²) < 4.78 is 12.7. The van der Waals surface area contributed by atoms with E-state index in [1.807, 2.05) is 6.92 Å². The summed E-state index contributed by atoms with van der Waals surface area (Å²) in [4.78, 5) is 11.6. The van der Waals surface area contributed by atoms with E-state index in [4.69, 9.17) is 0 Å². The monoisotopic (exact) mass is 321 g/mol. The highest BCUT2D eigenvalue weighted by atomic mass is 79.9. The van der Waals surface area contributed by atoms with Gasteiger partial charge in [-0.05, 0) is 29.3 Å². The maximum Gasteiger partial charge on any atom is 0.282 e. The lowest BCUT2D eigenvalue weighted by atomic mass is 10.2. The van der Waals surface area contributed by atoms with Gasteiger partial charge in [0.1, 0.15) is 4.47 Å². The molecule has 96 valence electrons. The van der Waals surface area contributed by atoms with Crippen molar-refractivity contribution < 1.29 is 4.21 Å². The molecule has 0 amide bonds. The summed E-state index contributed by atoms with van der Waals surface area (Å²) in [5.74, 6) is 0.643. The van der Waals surface area contributed by atoms with E-state index >= 15 is 0 Å². The highest BCUT2D eigenvalue weighted by Crippen LogP contribution is 2.17. The van der Waals surface area contributed by atoms with Gasteiger partial charge in [0.2, 0.25) is 0 Å². The normalized spacial score (nSPS) is 14.4. The van der Waals surface area contributed by atoms with Gasteiger partial charge in [0, 0.05) is 35.9 Å². The molecular formula is C10H16BrN3O2S. The first-order chi connectivity index (χ1) is 7.91. The molecule has 1 N–H and O–H groups in total. The van der Waals surface area contributed by atoms with E-state index in [-0.39, 0.29) is 11.6 Å². The van der Waals surface area contributed by atoms with Gasteiger partial charge in [-0.25, -0.2) is 4.68 Å². The summed E-state index contributed by atoms with van der Waals surface area (Å²) in [6.45, 7) is 1.98. The van der Waals surface area contributed by atoms with Crippen LogP contribution >= 0.6 is 15.9 Å². The summed E-state index contributed by atoms with van der Waals surface area (Å²) in [6, 6.07) is 0.143. The summed E-state index contributed by atoms with van der Waals surface area (Å²) >= 11 is 3.24. The van der Waals surface area contributed by atoms with Crippen molar-refractivity contribution in [1.29, 1.82) is 0 Å². The maximum atomic E-state index is 11.6. The van der Waals surface area contributed by atoms with Crippen LogP contribution in [-0.2, 0) is 17.8 Å². The van der Waals surface area contributed by atoms with Crippen LogP contribution in [0.5, 0.6) is 0 Å². The molecule has 0 aliphatic heterocycles. The van der Waals surface area contributed by atoms with Crippen LogP contribution in [-0.4, -0.2) is 32.0 Å². The van der Waals surface area contributed by atoms with Crippen molar-refractivity contribution in [2.45, 2.75) is 19.4 Å². The molecule has 0 aliphatic carbocycles. The highest BCUT2D eigenvalue weighted by molar-refractivity contribution is 9.10. The molecule has 1 aromatic rings. The molecular weight excluding hydrogens is 306 g/mol. The molecule has 0 aromatic carbocycles. The van der Waals surface area contributed by atoms with E-state index in [9.17, 15) is 9.00 Å². The van der Waals surface area contributed by atoms with Gasteiger partial charge in [-0.15, -0.1) is 0 Å². The van der Waals surface area contributed by atoms with E-state index in [1.165, 1.54) is 4.68 Å². The number of aromatic nitrogens is 2. The molecule has 7 heteroatoms. The van der Waals surface area contributed by atoms with E-state index in [2.05, 4.69) is 26.3 Å². The minimum Gasteiger partial charge on any atom is -0.380 e. The van der Waals surface area contributed by atoms with Gasteiger partial charge in [-0.1, -0.05) is 0 Å². The van der Waals surface area contributed by atoms with Crippen LogP contribution in [0.1, 0.15) is 13.3 Å². The van der Waals surface area contributed by atoms with E-state index in [0.717, 1.165) is 6.42 Å². The van der Waals surface area contributed by atoms with Crippen LogP contribution in [0.4, 0.5) is 5.69 Å². The number of rotatable bonds is 5. The van der Waals surface area contributed by atoms with Gasteiger partial charge in [0.05, 0.1) is 11.9 Å². The lowest BCUT2D eigenvalue weighted by Gasteiger charge is -2.15. The molecule has 17 heavy (non-hydrogen) atoms. The first-order valence-corrected chi connectivity index (χ1v) is 7.72. The fourth-order valence-corrected chi connectivity index (χ4v) is 2.45. The third kappa shape index (κ3) is 4.23. The molecule has 0 saturated carbocycles. The molecule has 0 bridgehead atoms. The van der Waals surface area contributed by atoms with E-state index in [1.54, 1.807) is 19.5 Å². The molecule has 2 atom stereocenters. The molecule has 2 unspecified atom stereocenters. The zero-order valence-electron chi connectivity index (χ0n) is 10.1. The Morgan fingerprint density at radius 3 is 2.88 bits per heavy atom. The van der Waals surface area contributed by atoms with Crippen LogP contribution < -0.4 is 10.9 Å². The quantitative estimate of drug-likeness (QED) is 0.882. The van der Waals surface area contributed by atoms with Crippen LogP contribution in [0.2, 0.25) is 0 Å². The Hall–Kier alpha value is -0.690. The van der Waals surface area contributed by atoms with Gasteiger partial charge >= 0.3 is 0 Å². The third-order valence-corrected chi connectivity index (χ3v) is 3.90. The predicted octanol–water partition coefficient (Wildman–Crippen LogP) is 1.11. The van der Waals surface area contributed by atoms with Crippen molar-refractivity contribution >= 4 is 32.4 Å². The molecule has 0 saturated heterocycles. The first-order valence-electron chi connectivity index (χ1n) is 5.20. The van der Waals surface area contributed by atoms with Crippen LogP contribution in [0, 0.1) is 0 Å². The Labute approximate surface area is 111 Å². The summed E-state index contributed by atoms with van der Waals surface area (Å²) in [7, 11) is 0.807. The Kier molecular flexibility index (Phi) is 5.32. The number of nitrogens with zero attached hydrogens (tertiary/aromatic N) is 2. The zero-order chi connectivity index (χ0) is 13.0. The summed E-state index contributed by atoms with van der Waals surface area (Å²) in [6.07, 6.45) is 4.07. The Bertz CT molecular complexity index is 475. The first kappa shape index (κ1) is 14.4. The van der Waals surface area contributed by atoms with Crippen LogP contribution in [0.3, 0.4) is 0 Å². The smallest absolute Gasteiger partial charge is 0.282 e. The number of hydrogen-bond acceptors (Lipinski definition) is 4. The third-order valence-electron chi connectivity index (χ3n) is 2.32. The fraction of sp³-hybridized carbons (Fsp3) is 0.600. The molecule has 5 nitrogen and oxygen atoms in total. The largest absolute Gasteiger partial charge is 0.380 e. The average Bonchev–Trinajstić information content (AvgIpc) is 2.27. The summed E-state index contributed by atoms with van der Waals surface area (Å²) in [5.41, 5.74) is 0.490. The van der Waals surface area contributed by atoms with E-state index < -0.39 is 10.8 Å². The molecule has 1 heterocycles. The van der Waals surface area contributed by atoms with Crippen molar-refractivity contribution in [3.05, 3.63) is 21.0 Å². The minimum absolute atomic E-state index is 0.143. The number of aryl methyl sites for hydroxylation is 1. The lowest BCUT2D eigenvalue weighted by molar-refractivity contribution is 0.677. The van der Waals surface area contributed by atoms with Gasteiger partial charge in [0.25, 0.3) is 5.56 Å². The van der Waals surface area contributed by atoms with Crippen molar-refractivity contribution in [3.8, 4) is 0 Å². The zero-order valence-corrected chi connectivity index (χ0v) is 12.5. The lowest BCUT2D eigenvalue weighted by Crippen LogP contribution is -2.24. The average molecular weight is 322 g/mol. The Balaban J connectivity index is 2.72. The van der Waals surface area contributed by atoms with E-state index in [0.29, 0.717) is 15.9 Å². The Morgan fingerprint density at radius 1 is 1.65 bits per heavy atom. The molecule has 0 radical (unpaired) electrons. The van der Waals surface area contributed by atoms with Gasteiger partial charge in [-0.3, -0.25) is 9.00 Å². The van der Waals surface area contributed by atoms with Gasteiger partial charge < -0.3 is 5.32 Å². The van der Waals surface area contributed by atoms with Gasteiger partial charge in [-0.2, -0.15) is 5.10 Å². The highest BCUT2D eigenvalue weighted by Gasteiger charge is 2.09. The van der Waals surface area contributed by atoms with Crippen LogP contribution in [0.15, 0.2) is 15.5 Å². The van der Waals surface area contributed by atoms with Crippen LogP contribution in [0.25, 0.3) is 0 Å². The maximum absolute atomic E-state index is 11.6. The molecule has 1 rings (SSSR count).